The molecule has 4 heterocycles. The number of halogens is 5. The fourth-order valence-electron chi connectivity index (χ4n) is 8.61. The van der Waals surface area contributed by atoms with E-state index in [9.17, 15) is 18.4 Å². The molecule has 8 aromatic carbocycles. The Bertz CT molecular complexity index is 3850. The molecule has 0 fully saturated rings. The summed E-state index contributed by atoms with van der Waals surface area (Å²) in [6.07, 6.45) is 6.98. The van der Waals surface area contributed by atoms with E-state index < -0.39 is 40.2 Å². The van der Waals surface area contributed by atoms with Gasteiger partial charge in [-0.3, -0.25) is 15.0 Å². The van der Waals surface area contributed by atoms with Gasteiger partial charge in [-0.05, 0) is 84.1 Å². The third kappa shape index (κ3) is 22.1. The minimum atomic E-state index is -2.18. The van der Waals surface area contributed by atoms with Crippen LogP contribution in [-0.4, -0.2) is 74.4 Å². The van der Waals surface area contributed by atoms with Crippen molar-refractivity contribution in [3.05, 3.63) is 307 Å². The van der Waals surface area contributed by atoms with Gasteiger partial charge in [-0.1, -0.05) is 198 Å². The number of carbonyl (C=O) groups excluding carboxylic acids is 2. The van der Waals surface area contributed by atoms with Crippen molar-refractivity contribution >= 4 is 139 Å². The van der Waals surface area contributed by atoms with Crippen molar-refractivity contribution in [2.24, 2.45) is 0 Å². The summed E-state index contributed by atoms with van der Waals surface area (Å²) in [7, 11) is 11.4. The van der Waals surface area contributed by atoms with Gasteiger partial charge in [0.25, 0.3) is 0 Å². The first-order valence-electron chi connectivity index (χ1n) is 27.9. The number of nitrogens with zero attached hydrogens (tertiary/aromatic N) is 6. The molecule has 0 aliphatic carbocycles. The Morgan fingerprint density at radius 2 is 0.778 bits per heavy atom. The van der Waals surface area contributed by atoms with Gasteiger partial charge in [0.15, 0.2) is 0 Å². The molecule has 10 nitrogen and oxygen atoms in total. The third-order valence-electron chi connectivity index (χ3n) is 12.9. The van der Waals surface area contributed by atoms with Crippen LogP contribution in [0.4, 0.5) is 8.78 Å². The first kappa shape index (κ1) is 70.4. The molecular formula is C71H63BrCl2F2N6O4P2PdSn. The van der Waals surface area contributed by atoms with E-state index >= 15 is 0 Å². The third-order valence-corrected chi connectivity index (χ3v) is 23.4. The number of rotatable bonds is 12. The van der Waals surface area contributed by atoms with Crippen LogP contribution in [0.2, 0.25) is 14.8 Å². The first-order valence-corrected chi connectivity index (χ1v) is 45.7. The van der Waals surface area contributed by atoms with Crippen LogP contribution in [0.15, 0.2) is 267 Å². The zero-order chi connectivity index (χ0) is 64.1. The second-order valence-electron chi connectivity index (χ2n) is 20.2. The van der Waals surface area contributed by atoms with E-state index in [-0.39, 0.29) is 33.5 Å². The molecule has 12 aromatic rings. The van der Waals surface area contributed by atoms with Crippen molar-refractivity contribution in [2.75, 3.05) is 14.2 Å². The van der Waals surface area contributed by atoms with Gasteiger partial charge in [0.1, 0.15) is 5.82 Å². The number of aromatic nitrogens is 6. The Kier molecular flexibility index (Phi) is 29.2. The van der Waals surface area contributed by atoms with Crippen LogP contribution < -0.4 is 35.5 Å². The molecule has 90 heavy (non-hydrogen) atoms. The van der Waals surface area contributed by atoms with Gasteiger partial charge in [0.2, 0.25) is 0 Å². The molecule has 4 aromatic heterocycles. The van der Waals surface area contributed by atoms with E-state index in [1.165, 1.54) is 76.5 Å². The fourth-order valence-corrected chi connectivity index (χ4v) is 16.1. The minimum absolute atomic E-state index is 0.106. The maximum atomic E-state index is 13.2. The number of methoxy groups -OCH3 is 2. The molecule has 0 bridgehead atoms. The number of ether oxygens (including phenoxy) is 2. The summed E-state index contributed by atoms with van der Waals surface area (Å²) in [6.45, 7) is 0. The molecule has 0 radical (unpaired) electrons. The first-order chi connectivity index (χ1) is 43.7. The predicted molar refractivity (Wildman–Crippen MR) is 371 cm³/mol. The Morgan fingerprint density at radius 3 is 1.12 bits per heavy atom. The summed E-state index contributed by atoms with van der Waals surface area (Å²) in [5.74, 6) is -1.36. The number of benzene rings is 8. The van der Waals surface area contributed by atoms with Gasteiger partial charge in [0.05, 0.1) is 47.8 Å². The summed E-state index contributed by atoms with van der Waals surface area (Å²) in [5.41, 5.74) is 5.62. The number of esters is 2. The number of hydrogen-bond acceptors (Lipinski definition) is 10. The number of alkyl halides is 1. The van der Waals surface area contributed by atoms with Crippen molar-refractivity contribution < 1.29 is 43.8 Å². The molecule has 460 valence electrons. The summed E-state index contributed by atoms with van der Waals surface area (Å²) >= 11 is 0.961. The Hall–Kier alpha value is -7.08. The second-order valence-corrected chi connectivity index (χ2v) is 41.9. The molecule has 0 atom stereocenters. The molecule has 19 heteroatoms. The number of fused-ring (bicyclic) bond motifs is 2. The Balaban J connectivity index is 0.000000160. The molecule has 0 unspecified atom stereocenters. The molecule has 12 rings (SSSR count). The maximum absolute atomic E-state index is 13.2. The quantitative estimate of drug-likeness (QED) is 0.0504. The van der Waals surface area contributed by atoms with E-state index in [1.807, 2.05) is 6.20 Å². The van der Waals surface area contributed by atoms with E-state index in [4.69, 9.17) is 19.1 Å². The van der Waals surface area contributed by atoms with Crippen molar-refractivity contribution in [3.8, 4) is 0 Å². The van der Waals surface area contributed by atoms with Gasteiger partial charge in [-0.15, -0.1) is 0 Å². The average molecular weight is 1540 g/mol. The van der Waals surface area contributed by atoms with Gasteiger partial charge >= 0.3 is 139 Å². The molecule has 0 saturated heterocycles. The molecule has 0 saturated carbocycles. The van der Waals surface area contributed by atoms with E-state index in [1.54, 1.807) is 48.8 Å². The van der Waals surface area contributed by atoms with Crippen molar-refractivity contribution in [3.63, 3.8) is 0 Å². The zero-order valence-corrected chi connectivity index (χ0v) is 59.0. The predicted octanol–water partition coefficient (Wildman–Crippen LogP) is 14.9. The summed E-state index contributed by atoms with van der Waals surface area (Å²) in [4.78, 5) is 55.0. The van der Waals surface area contributed by atoms with Gasteiger partial charge < -0.3 is 9.47 Å². The topological polar surface area (TPSA) is 130 Å². The summed E-state index contributed by atoms with van der Waals surface area (Å²) in [6, 6.07) is 80.0. The van der Waals surface area contributed by atoms with Gasteiger partial charge in [-0.25, -0.2) is 19.0 Å². The van der Waals surface area contributed by atoms with Crippen LogP contribution in [0.5, 0.6) is 0 Å². The molecule has 0 N–H and O–H groups in total. The van der Waals surface area contributed by atoms with Gasteiger partial charge in [0, 0.05) is 42.1 Å². The second kappa shape index (κ2) is 37.3. The zero-order valence-electron chi connectivity index (χ0n) is 49.7. The van der Waals surface area contributed by atoms with Crippen LogP contribution >= 0.6 is 50.8 Å². The number of carbonyl (C=O) groups is 2. The van der Waals surface area contributed by atoms with Gasteiger partial charge in [-0.2, -0.15) is 0 Å². The smallest absolute Gasteiger partial charge is 0.0134 e. The Labute approximate surface area is 555 Å². The van der Waals surface area contributed by atoms with Crippen LogP contribution in [0.1, 0.15) is 37.8 Å². The minimum Gasteiger partial charge on any atom is -0.0622 e. The van der Waals surface area contributed by atoms with Crippen LogP contribution in [-0.2, 0) is 37.2 Å². The normalized spacial score (nSPS) is 10.6. The van der Waals surface area contributed by atoms with Crippen LogP contribution in [0.3, 0.4) is 0 Å². The monoisotopic (exact) mass is 1540 g/mol. The molecule has 0 spiro atoms. The maximum Gasteiger partial charge on any atom is -0.0134 e. The van der Waals surface area contributed by atoms with E-state index in [0.717, 1.165) is 14.9 Å². The summed E-state index contributed by atoms with van der Waals surface area (Å²) < 4.78 is 36.6. The summed E-state index contributed by atoms with van der Waals surface area (Å²) in [5, 5.41) is 9.03. The largest absolute Gasteiger partial charge is 0.0622 e. The molecule has 0 amide bonds. The fraction of sp³-hybridized carbons (Fsp3) is 0.0986. The van der Waals surface area contributed by atoms with Crippen molar-refractivity contribution in [1.29, 1.82) is 0 Å². The van der Waals surface area contributed by atoms with E-state index in [0.29, 0.717) is 50.8 Å². The molecular weight excluding hydrogens is 1480 g/mol. The van der Waals surface area contributed by atoms with Crippen LogP contribution in [0, 0.1) is 11.6 Å². The van der Waals surface area contributed by atoms with E-state index in [2.05, 4.69) is 252 Å². The number of pyridine rings is 2. The molecule has 0 aliphatic rings. The average Bonchev–Trinajstić information content (AvgIpc) is 1.38. The Morgan fingerprint density at radius 1 is 0.444 bits per heavy atom. The van der Waals surface area contributed by atoms with Crippen molar-refractivity contribution in [1.82, 2.24) is 29.9 Å². The van der Waals surface area contributed by atoms with Crippen LogP contribution in [0.25, 0.3) is 22.1 Å². The van der Waals surface area contributed by atoms with Crippen molar-refractivity contribution in [2.45, 2.75) is 26.6 Å². The standard InChI is InChI=1S/2C18H15P.C16H12FN3O2.C8H8BrNO2.C8H4FN2.3CH3.2ClH.Pd.Sn/c2*1-4-10-16(11-5-1)19(17-12-6-2-7-13-17)18-14-8-3-9-15-18;1-22-16(21)10-4-5-18-12(6-10)8-13-9-19-14-3-2-11(17)7-15(14)20-13;1-12-8(11)6-2-3-10-7(4-6)5-9;9-6-1-2-7-8(5-6)11-4-3-10-7;;;;;;;/h2*1-15H;2-7,9H,8H2,1H3;2-4H,5H2,1H3;1-3,5H;3*1H3;2*1H;;/q;;;;;;;;;;+2;/p-2. The molecule has 0 aliphatic heterocycles. The number of hydrogen-bond donors (Lipinski definition) is 0. The SMILES string of the molecule is COC(=O)c1ccnc(CBr)c1.COC(=O)c1ccnc(Cc2cnc3ccc(F)cc3n2)c1.[CH3][Sn]([CH3])([CH3])[c]1cnc2ccc(F)cc2n1.[Cl][Pd][Cl].c1ccc(P(c2ccccc2)c2ccccc2)cc1.c1ccc(P(c2ccccc2)c2ccccc2)cc1.